The number of ether oxygens (including phenoxy) is 1. The van der Waals surface area contributed by atoms with Crippen LogP contribution in [0.1, 0.15) is 40.6 Å². The number of anilines is 1. The minimum absolute atomic E-state index is 0.740. The van der Waals surface area contributed by atoms with Crippen LogP contribution in [0.5, 0.6) is 0 Å². The minimum Gasteiger partial charge on any atom is -0.378 e. The molecule has 0 atom stereocenters. The third kappa shape index (κ3) is 3.32. The molecule has 4 heterocycles. The molecule has 0 aromatic carbocycles. The van der Waals surface area contributed by atoms with Crippen LogP contribution < -0.4 is 4.90 Å². The first-order valence-corrected chi connectivity index (χ1v) is 10.2. The zero-order chi connectivity index (χ0) is 16.6. The van der Waals surface area contributed by atoms with Gasteiger partial charge in [0.2, 0.25) is 0 Å². The van der Waals surface area contributed by atoms with Crippen molar-refractivity contribution in [1.82, 2.24) is 20.1 Å². The molecule has 2 aliphatic heterocycles. The molecular formula is C18H25N5OS. The van der Waals surface area contributed by atoms with Gasteiger partial charge in [-0.25, -0.2) is 4.98 Å². The van der Waals surface area contributed by atoms with Crippen molar-refractivity contribution < 1.29 is 4.74 Å². The van der Waals surface area contributed by atoms with Gasteiger partial charge < -0.3 is 9.64 Å². The van der Waals surface area contributed by atoms with Crippen molar-refractivity contribution in [1.29, 1.82) is 0 Å². The Morgan fingerprint density at radius 3 is 2.84 bits per heavy atom. The number of nitrogens with zero attached hydrogens (tertiary/aromatic N) is 4. The molecule has 1 saturated carbocycles. The maximum Gasteiger partial charge on any atom is 0.185 e. The summed E-state index contributed by atoms with van der Waals surface area (Å²) in [7, 11) is 0. The molecule has 1 saturated heterocycles. The lowest BCUT2D eigenvalue weighted by atomic mass is 10.1. The number of hydrogen-bond acceptors (Lipinski definition) is 6. The molecule has 5 rings (SSSR count). The standard InChI is InChI=1S/C18H25N5OS/c1-2-13(1)17-15-3-5-22(6-4-16(15)20-21-17)12-14-11-19-18(25-14)23-7-9-24-10-8-23/h11,13H,1-10,12H2,(H,20,21). The maximum absolute atomic E-state index is 5.44. The summed E-state index contributed by atoms with van der Waals surface area (Å²) in [4.78, 5) is 10.9. The van der Waals surface area contributed by atoms with Crippen molar-refractivity contribution in [3.8, 4) is 0 Å². The van der Waals surface area contributed by atoms with E-state index in [9.17, 15) is 0 Å². The van der Waals surface area contributed by atoms with E-state index >= 15 is 0 Å². The number of aromatic amines is 1. The van der Waals surface area contributed by atoms with Crippen LogP contribution in [0.2, 0.25) is 0 Å². The lowest BCUT2D eigenvalue weighted by Crippen LogP contribution is -2.36. The van der Waals surface area contributed by atoms with Crippen molar-refractivity contribution in [2.24, 2.45) is 0 Å². The maximum atomic E-state index is 5.44. The summed E-state index contributed by atoms with van der Waals surface area (Å²) < 4.78 is 5.44. The second kappa shape index (κ2) is 6.70. The average molecular weight is 359 g/mol. The van der Waals surface area contributed by atoms with E-state index in [-0.39, 0.29) is 0 Å². The van der Waals surface area contributed by atoms with E-state index in [2.05, 4.69) is 31.2 Å². The highest BCUT2D eigenvalue weighted by atomic mass is 32.1. The van der Waals surface area contributed by atoms with Crippen molar-refractivity contribution in [3.05, 3.63) is 28.0 Å². The quantitative estimate of drug-likeness (QED) is 0.907. The molecule has 2 aromatic heterocycles. The van der Waals surface area contributed by atoms with Crippen LogP contribution in [0.15, 0.2) is 6.20 Å². The zero-order valence-electron chi connectivity index (χ0n) is 14.5. The third-order valence-corrected chi connectivity index (χ3v) is 6.55. The highest BCUT2D eigenvalue weighted by molar-refractivity contribution is 7.15. The summed E-state index contributed by atoms with van der Waals surface area (Å²) in [5.41, 5.74) is 4.26. The lowest BCUT2D eigenvalue weighted by Gasteiger charge is -2.26. The number of morpholine rings is 1. The Morgan fingerprint density at radius 1 is 1.16 bits per heavy atom. The molecule has 6 nitrogen and oxygen atoms in total. The molecule has 2 fully saturated rings. The lowest BCUT2D eigenvalue weighted by molar-refractivity contribution is 0.122. The van der Waals surface area contributed by atoms with Gasteiger partial charge in [0.25, 0.3) is 0 Å². The second-order valence-corrected chi connectivity index (χ2v) is 8.42. The molecular weight excluding hydrogens is 334 g/mol. The van der Waals surface area contributed by atoms with Gasteiger partial charge in [0.15, 0.2) is 5.13 Å². The molecule has 1 N–H and O–H groups in total. The summed E-state index contributed by atoms with van der Waals surface area (Å²) in [5, 5.41) is 9.06. The van der Waals surface area contributed by atoms with Gasteiger partial charge in [-0.15, -0.1) is 11.3 Å². The Labute approximate surface area is 152 Å². The Bertz CT molecular complexity index is 732. The van der Waals surface area contributed by atoms with Crippen LogP contribution in [0.4, 0.5) is 5.13 Å². The number of aromatic nitrogens is 3. The van der Waals surface area contributed by atoms with E-state index in [1.807, 2.05) is 11.3 Å². The molecule has 7 heteroatoms. The van der Waals surface area contributed by atoms with Gasteiger partial charge in [-0.1, -0.05) is 0 Å². The van der Waals surface area contributed by atoms with Crippen LogP contribution >= 0.6 is 11.3 Å². The van der Waals surface area contributed by atoms with Crippen LogP contribution in [-0.2, 0) is 24.1 Å². The van der Waals surface area contributed by atoms with Crippen LogP contribution in [0.3, 0.4) is 0 Å². The van der Waals surface area contributed by atoms with Crippen molar-refractivity contribution in [2.45, 2.75) is 38.1 Å². The fourth-order valence-corrected chi connectivity index (χ4v) is 4.90. The number of rotatable bonds is 4. The highest BCUT2D eigenvalue weighted by Gasteiger charge is 2.31. The van der Waals surface area contributed by atoms with Gasteiger partial charge >= 0.3 is 0 Å². The number of H-pyrrole nitrogens is 1. The Balaban J connectivity index is 1.23. The summed E-state index contributed by atoms with van der Waals surface area (Å²) >= 11 is 1.84. The SMILES string of the molecule is c1nc(N2CCOCC2)sc1CN1CCc2[nH]nc(C3CC3)c2CC1. The molecule has 1 aliphatic carbocycles. The molecule has 0 unspecified atom stereocenters. The first-order valence-electron chi connectivity index (χ1n) is 9.42. The topological polar surface area (TPSA) is 57.3 Å². The molecule has 25 heavy (non-hydrogen) atoms. The van der Waals surface area contributed by atoms with E-state index in [4.69, 9.17) is 4.74 Å². The molecule has 134 valence electrons. The van der Waals surface area contributed by atoms with Crippen LogP contribution in [-0.4, -0.2) is 59.5 Å². The largest absolute Gasteiger partial charge is 0.378 e. The molecule has 0 amide bonds. The highest BCUT2D eigenvalue weighted by Crippen LogP contribution is 2.41. The third-order valence-electron chi connectivity index (χ3n) is 5.51. The molecule has 0 spiro atoms. The first-order chi connectivity index (χ1) is 12.4. The fourth-order valence-electron chi connectivity index (χ4n) is 3.90. The molecule has 3 aliphatic rings. The van der Waals surface area contributed by atoms with Gasteiger partial charge in [-0.05, 0) is 24.8 Å². The minimum atomic E-state index is 0.740. The Morgan fingerprint density at radius 2 is 2.00 bits per heavy atom. The van der Waals surface area contributed by atoms with Gasteiger partial charge in [-0.2, -0.15) is 5.10 Å². The summed E-state index contributed by atoms with van der Waals surface area (Å²) in [6.45, 7) is 6.79. The molecule has 2 aromatic rings. The van der Waals surface area contributed by atoms with E-state index < -0.39 is 0 Å². The predicted octanol–water partition coefficient (Wildman–Crippen LogP) is 2.18. The average Bonchev–Trinajstić information content (AvgIpc) is 3.31. The predicted molar refractivity (Wildman–Crippen MR) is 98.4 cm³/mol. The van der Waals surface area contributed by atoms with Crippen LogP contribution in [0.25, 0.3) is 0 Å². The van der Waals surface area contributed by atoms with Crippen molar-refractivity contribution in [3.63, 3.8) is 0 Å². The number of thiazole rings is 1. The van der Waals surface area contributed by atoms with E-state index in [1.165, 1.54) is 34.7 Å². The monoisotopic (exact) mass is 359 g/mol. The van der Waals surface area contributed by atoms with Gasteiger partial charge in [0.1, 0.15) is 0 Å². The number of fused-ring (bicyclic) bond motifs is 1. The Hall–Kier alpha value is -1.44. The van der Waals surface area contributed by atoms with E-state index in [0.29, 0.717) is 0 Å². The van der Waals surface area contributed by atoms with Gasteiger partial charge in [0, 0.05) is 61.8 Å². The van der Waals surface area contributed by atoms with Gasteiger partial charge in [0.05, 0.1) is 18.9 Å². The fraction of sp³-hybridized carbons (Fsp3) is 0.667. The van der Waals surface area contributed by atoms with Crippen molar-refractivity contribution >= 4 is 16.5 Å². The normalized spacial score (nSPS) is 22.0. The summed E-state index contributed by atoms with van der Waals surface area (Å²) in [6, 6.07) is 0. The number of hydrogen-bond donors (Lipinski definition) is 1. The van der Waals surface area contributed by atoms with E-state index in [0.717, 1.165) is 69.8 Å². The summed E-state index contributed by atoms with van der Waals surface area (Å²) in [5.74, 6) is 0.740. The van der Waals surface area contributed by atoms with Crippen molar-refractivity contribution in [2.75, 3.05) is 44.3 Å². The van der Waals surface area contributed by atoms with Crippen LogP contribution in [0, 0.1) is 0 Å². The van der Waals surface area contributed by atoms with E-state index in [1.54, 1.807) is 0 Å². The zero-order valence-corrected chi connectivity index (χ0v) is 15.4. The number of nitrogens with one attached hydrogen (secondary N) is 1. The molecule has 0 bridgehead atoms. The summed E-state index contributed by atoms with van der Waals surface area (Å²) in [6.07, 6.45) is 6.94. The Kier molecular flexibility index (Phi) is 4.23. The first kappa shape index (κ1) is 15.8. The van der Waals surface area contributed by atoms with Gasteiger partial charge in [-0.3, -0.25) is 10.00 Å². The molecule has 0 radical (unpaired) electrons. The smallest absolute Gasteiger partial charge is 0.185 e. The second-order valence-electron chi connectivity index (χ2n) is 7.32.